The van der Waals surface area contributed by atoms with Crippen LogP contribution in [0.2, 0.25) is 0 Å². The minimum atomic E-state index is -2.59. The number of pyridine rings is 1. The van der Waals surface area contributed by atoms with Crippen LogP contribution in [-0.2, 0) is 11.2 Å². The van der Waals surface area contributed by atoms with E-state index in [1.165, 1.54) is 30.5 Å². The van der Waals surface area contributed by atoms with Gasteiger partial charge in [-0.05, 0) is 49.2 Å². The van der Waals surface area contributed by atoms with E-state index < -0.39 is 30.8 Å². The number of nitrogens with two attached hydrogens (primary N) is 2. The molecule has 1 atom stereocenters. The van der Waals surface area contributed by atoms with Crippen LogP contribution in [0, 0.1) is 5.82 Å². The summed E-state index contributed by atoms with van der Waals surface area (Å²) < 4.78 is 43.8. The molecule has 0 saturated heterocycles. The first-order valence-corrected chi connectivity index (χ1v) is 8.77. The van der Waals surface area contributed by atoms with Crippen molar-refractivity contribution >= 4 is 23.1 Å². The highest BCUT2D eigenvalue weighted by atomic mass is 19.3. The van der Waals surface area contributed by atoms with Gasteiger partial charge in [-0.15, -0.1) is 0 Å². The number of rotatable bonds is 9. The van der Waals surface area contributed by atoms with E-state index >= 15 is 0 Å². The third kappa shape index (κ3) is 7.07. The molecule has 29 heavy (non-hydrogen) atoms. The van der Waals surface area contributed by atoms with Crippen LogP contribution in [0.25, 0.3) is 0 Å². The number of benzene rings is 1. The van der Waals surface area contributed by atoms with Crippen LogP contribution in [0.5, 0.6) is 0 Å². The summed E-state index contributed by atoms with van der Waals surface area (Å²) in [6, 6.07) is 7.15. The molecule has 156 valence electrons. The van der Waals surface area contributed by atoms with Gasteiger partial charge in [0.05, 0.1) is 18.5 Å². The lowest BCUT2D eigenvalue weighted by atomic mass is 10.1. The molecule has 0 radical (unpaired) electrons. The van der Waals surface area contributed by atoms with Gasteiger partial charge in [0.1, 0.15) is 30.0 Å². The highest BCUT2D eigenvalue weighted by molar-refractivity contribution is 6.02. The first kappa shape index (κ1) is 22.2. The number of hydrogen-bond donors (Lipinski definition) is 3. The Kier molecular flexibility index (Phi) is 7.96. The SMILES string of the molecule is C[C@@H](OCCc1cc(NC(=O)c2ccc(N)cn2)ccc1F)C(N)=NCC(F)F. The van der Waals surface area contributed by atoms with Crippen molar-refractivity contribution in [3.05, 3.63) is 53.6 Å². The van der Waals surface area contributed by atoms with Gasteiger partial charge in [-0.3, -0.25) is 9.79 Å². The Balaban J connectivity index is 1.94. The van der Waals surface area contributed by atoms with E-state index in [4.69, 9.17) is 16.2 Å². The van der Waals surface area contributed by atoms with Gasteiger partial charge in [0.25, 0.3) is 12.3 Å². The molecular weight excluding hydrogens is 387 g/mol. The Morgan fingerprint density at radius 2 is 2.07 bits per heavy atom. The summed E-state index contributed by atoms with van der Waals surface area (Å²) in [5.74, 6) is -0.984. The predicted octanol–water partition coefficient (Wildman–Crippen LogP) is 2.63. The number of halogens is 3. The van der Waals surface area contributed by atoms with Crippen LogP contribution in [0.4, 0.5) is 24.5 Å². The second-order valence-corrected chi connectivity index (χ2v) is 6.16. The Hall–Kier alpha value is -3.14. The fourth-order valence-corrected chi connectivity index (χ4v) is 2.31. The van der Waals surface area contributed by atoms with E-state index in [1.54, 1.807) is 13.0 Å². The number of amides is 1. The highest BCUT2D eigenvalue weighted by Gasteiger charge is 2.12. The van der Waals surface area contributed by atoms with Crippen LogP contribution < -0.4 is 16.8 Å². The van der Waals surface area contributed by atoms with E-state index in [0.29, 0.717) is 16.9 Å². The van der Waals surface area contributed by atoms with Crippen molar-refractivity contribution in [2.75, 3.05) is 24.2 Å². The number of alkyl halides is 2. The van der Waals surface area contributed by atoms with Crippen molar-refractivity contribution in [3.63, 3.8) is 0 Å². The lowest BCUT2D eigenvalue weighted by Gasteiger charge is -2.13. The maximum Gasteiger partial charge on any atom is 0.274 e. The van der Waals surface area contributed by atoms with Gasteiger partial charge in [-0.25, -0.2) is 18.2 Å². The molecular formula is C19H22F3N5O2. The lowest BCUT2D eigenvalue weighted by molar-refractivity contribution is 0.102. The number of aliphatic imine (C=N–C) groups is 1. The Bertz CT molecular complexity index is 859. The molecule has 1 amide bonds. The molecule has 1 heterocycles. The fraction of sp³-hybridized carbons (Fsp3) is 0.316. The molecule has 10 heteroatoms. The van der Waals surface area contributed by atoms with Crippen LogP contribution in [0.15, 0.2) is 41.5 Å². The van der Waals surface area contributed by atoms with Crippen molar-refractivity contribution in [1.82, 2.24) is 4.98 Å². The topological polar surface area (TPSA) is 116 Å². The summed E-state index contributed by atoms with van der Waals surface area (Å²) in [6.07, 6.45) is -1.73. The predicted molar refractivity (Wildman–Crippen MR) is 105 cm³/mol. The second-order valence-electron chi connectivity index (χ2n) is 6.16. The number of nitrogens with one attached hydrogen (secondary N) is 1. The average molecular weight is 409 g/mol. The molecule has 0 aliphatic rings. The van der Waals surface area contributed by atoms with Crippen molar-refractivity contribution in [3.8, 4) is 0 Å². The molecule has 0 aliphatic carbocycles. The molecule has 1 aromatic heterocycles. The standard InChI is InChI=1S/C19H22F3N5O2/c1-11(18(24)26-10-17(21)22)29-7-6-12-8-14(3-4-15(12)20)27-19(28)16-5-2-13(23)9-25-16/h2-5,8-9,11,17H,6-7,10,23H2,1H3,(H2,24,26)(H,27,28)/t11-/m1/s1. The van der Waals surface area contributed by atoms with E-state index in [1.807, 2.05) is 0 Å². The zero-order valence-corrected chi connectivity index (χ0v) is 15.7. The number of nitrogen functional groups attached to an aromatic ring is 1. The number of amidine groups is 1. The van der Waals surface area contributed by atoms with E-state index in [2.05, 4.69) is 15.3 Å². The maximum atomic E-state index is 14.0. The third-order valence-electron chi connectivity index (χ3n) is 3.89. The quantitative estimate of drug-likeness (QED) is 0.435. The summed E-state index contributed by atoms with van der Waals surface area (Å²) in [5.41, 5.74) is 12.4. The number of anilines is 2. The van der Waals surface area contributed by atoms with Gasteiger partial charge in [-0.1, -0.05) is 0 Å². The number of aromatic nitrogens is 1. The molecule has 1 aromatic carbocycles. The molecule has 0 unspecified atom stereocenters. The third-order valence-corrected chi connectivity index (χ3v) is 3.89. The molecule has 0 bridgehead atoms. The van der Waals surface area contributed by atoms with Crippen LogP contribution >= 0.6 is 0 Å². The van der Waals surface area contributed by atoms with Crippen LogP contribution in [0.1, 0.15) is 23.0 Å². The van der Waals surface area contributed by atoms with Gasteiger partial charge in [0.15, 0.2) is 0 Å². The molecule has 7 nitrogen and oxygen atoms in total. The summed E-state index contributed by atoms with van der Waals surface area (Å²) >= 11 is 0. The number of hydrogen-bond acceptors (Lipinski definition) is 5. The first-order chi connectivity index (χ1) is 13.8. The van der Waals surface area contributed by atoms with Crippen LogP contribution in [-0.4, -0.2) is 42.4 Å². The molecule has 5 N–H and O–H groups in total. The zero-order chi connectivity index (χ0) is 21.4. The Morgan fingerprint density at radius 1 is 1.31 bits per heavy atom. The molecule has 0 aliphatic heterocycles. The van der Waals surface area contributed by atoms with Gasteiger partial charge in [0, 0.05) is 5.69 Å². The number of nitrogens with zero attached hydrogens (tertiary/aromatic N) is 2. The van der Waals surface area contributed by atoms with Crippen molar-refractivity contribution in [2.24, 2.45) is 10.7 Å². The molecule has 0 fully saturated rings. The summed E-state index contributed by atoms with van der Waals surface area (Å²) in [5, 5.41) is 2.63. The molecule has 0 spiro atoms. The molecule has 2 aromatic rings. The maximum absolute atomic E-state index is 14.0. The molecule has 0 saturated carbocycles. The van der Waals surface area contributed by atoms with E-state index in [9.17, 15) is 18.0 Å². The highest BCUT2D eigenvalue weighted by Crippen LogP contribution is 2.17. The zero-order valence-electron chi connectivity index (χ0n) is 15.7. The van der Waals surface area contributed by atoms with Crippen molar-refractivity contribution in [1.29, 1.82) is 0 Å². The minimum absolute atomic E-state index is 0.0530. The van der Waals surface area contributed by atoms with Gasteiger partial charge in [0.2, 0.25) is 0 Å². The first-order valence-electron chi connectivity index (χ1n) is 8.77. The number of carbonyl (C=O) groups excluding carboxylic acids is 1. The van der Waals surface area contributed by atoms with Crippen molar-refractivity contribution in [2.45, 2.75) is 25.9 Å². The lowest BCUT2D eigenvalue weighted by Crippen LogP contribution is -2.30. The van der Waals surface area contributed by atoms with E-state index in [-0.39, 0.29) is 24.6 Å². The van der Waals surface area contributed by atoms with E-state index in [0.717, 1.165) is 0 Å². The largest absolute Gasteiger partial charge is 0.397 e. The van der Waals surface area contributed by atoms with Gasteiger partial charge < -0.3 is 21.5 Å². The van der Waals surface area contributed by atoms with Crippen molar-refractivity contribution < 1.29 is 22.7 Å². The fourth-order valence-electron chi connectivity index (χ4n) is 2.31. The minimum Gasteiger partial charge on any atom is -0.397 e. The average Bonchev–Trinajstić information content (AvgIpc) is 2.68. The Morgan fingerprint density at radius 3 is 2.72 bits per heavy atom. The smallest absolute Gasteiger partial charge is 0.274 e. The number of carbonyl (C=O) groups is 1. The summed E-state index contributed by atoms with van der Waals surface area (Å²) in [4.78, 5) is 19.7. The monoisotopic (exact) mass is 409 g/mol. The van der Waals surface area contributed by atoms with Gasteiger partial charge in [-0.2, -0.15) is 0 Å². The molecule has 2 rings (SSSR count). The van der Waals surface area contributed by atoms with Crippen LogP contribution in [0.3, 0.4) is 0 Å². The second kappa shape index (κ2) is 10.4. The normalized spacial score (nSPS) is 12.8. The summed E-state index contributed by atoms with van der Waals surface area (Å²) in [7, 11) is 0. The summed E-state index contributed by atoms with van der Waals surface area (Å²) in [6.45, 7) is 0.954. The van der Waals surface area contributed by atoms with Gasteiger partial charge >= 0.3 is 0 Å². The number of ether oxygens (including phenoxy) is 1. The Labute approximate surface area is 166 Å².